The number of carbonyl (C=O) groups excluding carboxylic acids is 1. The highest BCUT2D eigenvalue weighted by atomic mass is 79.9. The van der Waals surface area contributed by atoms with Gasteiger partial charge in [-0.05, 0) is 73.9 Å². The lowest BCUT2D eigenvalue weighted by Gasteiger charge is -2.31. The molecule has 4 heteroatoms. The third-order valence-electron chi connectivity index (χ3n) is 4.07. The van der Waals surface area contributed by atoms with E-state index in [1.165, 1.54) is 12.8 Å². The molecule has 0 saturated carbocycles. The molecule has 1 fully saturated rings. The van der Waals surface area contributed by atoms with Crippen LogP contribution in [0.3, 0.4) is 0 Å². The van der Waals surface area contributed by atoms with Crippen molar-refractivity contribution in [2.75, 3.05) is 33.7 Å². The lowest BCUT2D eigenvalue weighted by molar-refractivity contribution is 0.0746. The number of hydrogen-bond donors (Lipinski definition) is 0. The number of halogens is 1. The van der Waals surface area contributed by atoms with Gasteiger partial charge < -0.3 is 9.80 Å². The van der Waals surface area contributed by atoms with E-state index in [-0.39, 0.29) is 5.91 Å². The van der Waals surface area contributed by atoms with Gasteiger partial charge in [-0.25, -0.2) is 0 Å². The Balaban J connectivity index is 1.99. The fourth-order valence-electron chi connectivity index (χ4n) is 2.72. The second kappa shape index (κ2) is 6.72. The van der Waals surface area contributed by atoms with E-state index in [0.29, 0.717) is 5.92 Å². The lowest BCUT2D eigenvalue weighted by Crippen LogP contribution is -2.38. The normalized spacial score (nSPS) is 17.2. The summed E-state index contributed by atoms with van der Waals surface area (Å²) in [6.07, 6.45) is 2.37. The molecule has 1 heterocycles. The second-order valence-corrected chi connectivity index (χ2v) is 6.77. The molecule has 0 radical (unpaired) electrons. The lowest BCUT2D eigenvalue weighted by atomic mass is 9.96. The van der Waals surface area contributed by atoms with Crippen molar-refractivity contribution in [3.8, 4) is 0 Å². The Morgan fingerprint density at radius 3 is 2.70 bits per heavy atom. The third-order valence-corrected chi connectivity index (χ3v) is 4.76. The summed E-state index contributed by atoms with van der Waals surface area (Å²) in [4.78, 5) is 16.8. The van der Waals surface area contributed by atoms with E-state index in [9.17, 15) is 4.79 Å². The fourth-order valence-corrected chi connectivity index (χ4v) is 3.14. The minimum Gasteiger partial charge on any atom is -0.341 e. The van der Waals surface area contributed by atoms with Crippen LogP contribution >= 0.6 is 15.9 Å². The van der Waals surface area contributed by atoms with Crippen LogP contribution in [0.1, 0.15) is 28.8 Å². The van der Waals surface area contributed by atoms with Crippen molar-refractivity contribution in [1.29, 1.82) is 0 Å². The monoisotopic (exact) mass is 338 g/mol. The molecule has 0 N–H and O–H groups in total. The molecule has 1 saturated heterocycles. The first-order valence-corrected chi connectivity index (χ1v) is 7.97. The molecule has 1 aromatic carbocycles. The van der Waals surface area contributed by atoms with Crippen LogP contribution < -0.4 is 0 Å². The number of benzene rings is 1. The second-order valence-electron chi connectivity index (χ2n) is 5.92. The maximum Gasteiger partial charge on any atom is 0.254 e. The zero-order valence-electron chi connectivity index (χ0n) is 12.5. The van der Waals surface area contributed by atoms with Crippen LogP contribution in [-0.4, -0.2) is 49.4 Å². The largest absolute Gasteiger partial charge is 0.341 e. The number of likely N-dealkylation sites (tertiary alicyclic amines) is 1. The molecule has 0 aromatic heterocycles. The van der Waals surface area contributed by atoms with Crippen molar-refractivity contribution in [2.45, 2.75) is 19.8 Å². The Labute approximate surface area is 130 Å². The van der Waals surface area contributed by atoms with Gasteiger partial charge in [0, 0.05) is 18.1 Å². The number of amides is 1. The molecular formula is C16H23BrN2O. The van der Waals surface area contributed by atoms with E-state index < -0.39 is 0 Å². The quantitative estimate of drug-likeness (QED) is 0.845. The Bertz CT molecular complexity index is 481. The SMILES string of the molecule is Cc1ccc(Br)c(C(=O)N(C)CC2CCN(C)CC2)c1. The minimum atomic E-state index is 0.111. The van der Waals surface area contributed by atoms with Crippen molar-refractivity contribution in [3.05, 3.63) is 33.8 Å². The predicted octanol–water partition coefficient (Wildman–Crippen LogP) is 3.17. The first kappa shape index (κ1) is 15.5. The summed E-state index contributed by atoms with van der Waals surface area (Å²) >= 11 is 3.48. The number of hydrogen-bond acceptors (Lipinski definition) is 2. The van der Waals surface area contributed by atoms with E-state index in [1.54, 1.807) is 0 Å². The molecule has 0 unspecified atom stereocenters. The summed E-state index contributed by atoms with van der Waals surface area (Å²) < 4.78 is 0.878. The van der Waals surface area contributed by atoms with E-state index in [0.717, 1.165) is 35.2 Å². The summed E-state index contributed by atoms with van der Waals surface area (Å²) in [6, 6.07) is 5.92. The van der Waals surface area contributed by atoms with Crippen LogP contribution in [0, 0.1) is 12.8 Å². The van der Waals surface area contributed by atoms with Gasteiger partial charge in [0.05, 0.1) is 5.56 Å². The number of nitrogens with zero attached hydrogens (tertiary/aromatic N) is 2. The summed E-state index contributed by atoms with van der Waals surface area (Å²) in [6.45, 7) is 5.15. The zero-order valence-corrected chi connectivity index (χ0v) is 14.1. The van der Waals surface area contributed by atoms with E-state index in [4.69, 9.17) is 0 Å². The van der Waals surface area contributed by atoms with Crippen LogP contribution in [0.25, 0.3) is 0 Å². The number of rotatable bonds is 3. The number of piperidine rings is 1. The predicted molar refractivity (Wildman–Crippen MR) is 86.1 cm³/mol. The van der Waals surface area contributed by atoms with E-state index >= 15 is 0 Å². The van der Waals surface area contributed by atoms with Gasteiger partial charge in [-0.15, -0.1) is 0 Å². The van der Waals surface area contributed by atoms with Crippen LogP contribution in [0.5, 0.6) is 0 Å². The minimum absolute atomic E-state index is 0.111. The van der Waals surface area contributed by atoms with Crippen molar-refractivity contribution in [1.82, 2.24) is 9.80 Å². The molecule has 0 atom stereocenters. The topological polar surface area (TPSA) is 23.6 Å². The van der Waals surface area contributed by atoms with E-state index in [2.05, 4.69) is 27.9 Å². The molecule has 0 aliphatic carbocycles. The van der Waals surface area contributed by atoms with Gasteiger partial charge in [-0.3, -0.25) is 4.79 Å². The Morgan fingerprint density at radius 1 is 1.40 bits per heavy atom. The molecule has 1 amide bonds. The average Bonchev–Trinajstić information content (AvgIpc) is 2.43. The average molecular weight is 339 g/mol. The first-order chi connectivity index (χ1) is 9.47. The van der Waals surface area contributed by atoms with Crippen LogP contribution in [-0.2, 0) is 0 Å². The number of carbonyl (C=O) groups is 1. The molecular weight excluding hydrogens is 316 g/mol. The number of aryl methyl sites for hydroxylation is 1. The van der Waals surface area contributed by atoms with Crippen LogP contribution in [0.15, 0.2) is 22.7 Å². The molecule has 0 bridgehead atoms. The molecule has 1 aromatic rings. The van der Waals surface area contributed by atoms with Gasteiger partial charge in [-0.2, -0.15) is 0 Å². The smallest absolute Gasteiger partial charge is 0.254 e. The third kappa shape index (κ3) is 3.83. The van der Waals surface area contributed by atoms with Gasteiger partial charge in [0.25, 0.3) is 5.91 Å². The Hall–Kier alpha value is -0.870. The summed E-state index contributed by atoms with van der Waals surface area (Å²) in [5.74, 6) is 0.739. The highest BCUT2D eigenvalue weighted by Gasteiger charge is 2.22. The highest BCUT2D eigenvalue weighted by Crippen LogP contribution is 2.22. The molecule has 3 nitrogen and oxygen atoms in total. The molecule has 1 aliphatic rings. The van der Waals surface area contributed by atoms with Gasteiger partial charge in [0.15, 0.2) is 0 Å². The Morgan fingerprint density at radius 2 is 2.05 bits per heavy atom. The maximum atomic E-state index is 12.5. The standard InChI is InChI=1S/C16H23BrN2O/c1-12-4-5-15(17)14(10-12)16(20)19(3)11-13-6-8-18(2)9-7-13/h4-5,10,13H,6-9,11H2,1-3H3. The van der Waals surface area contributed by atoms with E-state index in [1.807, 2.05) is 37.1 Å². The summed E-state index contributed by atoms with van der Waals surface area (Å²) in [5, 5.41) is 0. The van der Waals surface area contributed by atoms with Gasteiger partial charge >= 0.3 is 0 Å². The van der Waals surface area contributed by atoms with Crippen molar-refractivity contribution >= 4 is 21.8 Å². The zero-order chi connectivity index (χ0) is 14.7. The van der Waals surface area contributed by atoms with Crippen LogP contribution in [0.4, 0.5) is 0 Å². The Kier molecular flexibility index (Phi) is 5.22. The molecule has 1 aliphatic heterocycles. The first-order valence-electron chi connectivity index (χ1n) is 7.17. The molecule has 110 valence electrons. The van der Waals surface area contributed by atoms with Gasteiger partial charge in [0.1, 0.15) is 0 Å². The molecule has 2 rings (SSSR count). The van der Waals surface area contributed by atoms with Gasteiger partial charge in [-0.1, -0.05) is 11.6 Å². The summed E-state index contributed by atoms with van der Waals surface area (Å²) in [7, 11) is 4.07. The molecule has 20 heavy (non-hydrogen) atoms. The van der Waals surface area contributed by atoms with Crippen molar-refractivity contribution < 1.29 is 4.79 Å². The van der Waals surface area contributed by atoms with Gasteiger partial charge in [0.2, 0.25) is 0 Å². The fraction of sp³-hybridized carbons (Fsp3) is 0.562. The van der Waals surface area contributed by atoms with Crippen molar-refractivity contribution in [2.24, 2.45) is 5.92 Å². The van der Waals surface area contributed by atoms with Crippen molar-refractivity contribution in [3.63, 3.8) is 0 Å². The molecule has 0 spiro atoms. The summed E-state index contributed by atoms with van der Waals surface area (Å²) in [5.41, 5.74) is 1.88. The maximum absolute atomic E-state index is 12.5. The highest BCUT2D eigenvalue weighted by molar-refractivity contribution is 9.10. The van der Waals surface area contributed by atoms with Crippen LogP contribution in [0.2, 0.25) is 0 Å².